The predicted octanol–water partition coefficient (Wildman–Crippen LogP) is 21.8. The van der Waals surface area contributed by atoms with Gasteiger partial charge in [-0.25, -0.2) is 14.4 Å². The highest BCUT2D eigenvalue weighted by Crippen LogP contribution is 2.58. The molecule has 2 heterocycles. The number of ketones is 1. The van der Waals surface area contributed by atoms with Crippen LogP contribution in [-0.2, 0) is 125 Å². The summed E-state index contributed by atoms with van der Waals surface area (Å²) in [5, 5.41) is 0. The normalized spacial score (nSPS) is 16.3. The van der Waals surface area contributed by atoms with Crippen molar-refractivity contribution in [2.75, 3.05) is 6.61 Å². The summed E-state index contributed by atoms with van der Waals surface area (Å²) in [6.45, 7) is -2.99. The van der Waals surface area contributed by atoms with Gasteiger partial charge in [-0.15, -0.1) is 0 Å². The average molecular weight is 1750 g/mol. The number of rotatable bonds is 37. The highest BCUT2D eigenvalue weighted by atomic mass is 32.2. The molecule has 2 bridgehead atoms. The molecule has 5 atom stereocenters. The molecule has 17 rings (SSSR count). The van der Waals surface area contributed by atoms with Gasteiger partial charge in [-0.1, -0.05) is 364 Å². The maximum absolute atomic E-state index is 18.2. The van der Waals surface area contributed by atoms with Crippen molar-refractivity contribution in [3.05, 3.63) is 472 Å². The lowest BCUT2D eigenvalue weighted by Crippen LogP contribution is -2.61. The Hall–Kier alpha value is -14.6. The molecule has 1 fully saturated rings. The molecule has 3 aliphatic rings. The molecule has 19 nitrogen and oxygen atoms in total. The molecule has 14 aromatic carbocycles. The van der Waals surface area contributed by atoms with Crippen LogP contribution in [0.5, 0.6) is 34.5 Å². The van der Waals surface area contributed by atoms with E-state index in [4.69, 9.17) is 71.1 Å². The molecular formula is C110H92O19S. The first-order valence-corrected chi connectivity index (χ1v) is 43.7. The number of fused-ring (bicyclic) bond motifs is 5. The van der Waals surface area contributed by atoms with Crippen molar-refractivity contribution in [3.8, 4) is 45.6 Å². The summed E-state index contributed by atoms with van der Waals surface area (Å²) >= 11 is 1.31. The van der Waals surface area contributed by atoms with E-state index < -0.39 is 108 Å². The zero-order chi connectivity index (χ0) is 88.5. The lowest BCUT2D eigenvalue weighted by Gasteiger charge is -2.45. The van der Waals surface area contributed by atoms with E-state index in [1.807, 2.05) is 328 Å². The Morgan fingerprint density at radius 1 is 0.346 bits per heavy atom. The van der Waals surface area contributed by atoms with Crippen LogP contribution < -0.4 is 28.4 Å². The van der Waals surface area contributed by atoms with Gasteiger partial charge < -0.3 is 71.1 Å². The summed E-state index contributed by atoms with van der Waals surface area (Å²) in [5.41, 5.74) is 4.25. The number of ether oxygens (including phenoxy) is 15. The average Bonchev–Trinajstić information content (AvgIpc) is 0.719. The van der Waals surface area contributed by atoms with Crippen LogP contribution in [0.15, 0.2) is 404 Å². The third-order valence-electron chi connectivity index (χ3n) is 21.8. The van der Waals surface area contributed by atoms with Crippen LogP contribution in [0.2, 0.25) is 0 Å². The quantitative estimate of drug-likeness (QED) is 0.0201. The zero-order valence-corrected chi connectivity index (χ0v) is 71.7. The molecule has 0 spiro atoms. The van der Waals surface area contributed by atoms with Crippen molar-refractivity contribution >= 4 is 35.5 Å². The minimum atomic E-state index is -2.98. The number of carbonyl (C=O) groups is 4. The predicted molar refractivity (Wildman–Crippen MR) is 490 cm³/mol. The molecule has 20 heteroatoms. The van der Waals surface area contributed by atoms with Crippen molar-refractivity contribution in [1.82, 2.24) is 0 Å². The van der Waals surface area contributed by atoms with Crippen LogP contribution >= 0.6 is 11.8 Å². The monoisotopic (exact) mass is 1750 g/mol. The van der Waals surface area contributed by atoms with Gasteiger partial charge in [0.1, 0.15) is 82.2 Å². The van der Waals surface area contributed by atoms with Gasteiger partial charge in [-0.05, 0) is 85.5 Å². The van der Waals surface area contributed by atoms with Crippen molar-refractivity contribution in [2.45, 2.75) is 113 Å². The molecule has 0 unspecified atom stereocenters. The Morgan fingerprint density at radius 2 is 0.677 bits per heavy atom. The van der Waals surface area contributed by atoms with E-state index in [1.54, 1.807) is 36.4 Å². The summed E-state index contributed by atoms with van der Waals surface area (Å²) in [4.78, 5) is 70.2. The number of thioether (sulfide) groups is 1. The zero-order valence-electron chi connectivity index (χ0n) is 70.9. The first kappa shape index (κ1) is 87.5. The summed E-state index contributed by atoms with van der Waals surface area (Å²) < 4.78 is 109. The van der Waals surface area contributed by atoms with Crippen LogP contribution in [0.4, 0.5) is 0 Å². The third kappa shape index (κ3) is 22.0. The van der Waals surface area contributed by atoms with Crippen molar-refractivity contribution in [3.63, 3.8) is 0 Å². The fourth-order valence-electron chi connectivity index (χ4n) is 15.2. The molecule has 14 aromatic rings. The maximum Gasteiger partial charge on any atom is 0.342 e. The van der Waals surface area contributed by atoms with Gasteiger partial charge >= 0.3 is 17.9 Å². The van der Waals surface area contributed by atoms with E-state index in [9.17, 15) is 0 Å². The van der Waals surface area contributed by atoms with Gasteiger partial charge in [0.2, 0.25) is 11.5 Å². The minimum Gasteiger partial charge on any atom is -0.485 e. The fourth-order valence-corrected chi connectivity index (χ4v) is 16.3. The molecule has 0 radical (unpaired) electrons. The lowest BCUT2D eigenvalue weighted by atomic mass is 9.90. The Bertz CT molecular complexity index is 6110. The lowest BCUT2D eigenvalue weighted by molar-refractivity contribution is -0.237. The summed E-state index contributed by atoms with van der Waals surface area (Å²) in [5.74, 6) is -9.68. The SMILES string of the molecule is O=C(OCc1ccccc1)C1=C(Oc2c(OCc3ccccc3)c(OCc3ccccc3)cc3c2-c2c(cc(OCc4ccccc4)c(OCc4ccccc4)c2OCc2ccccc2)C(=O)OC[C@H]2O[C@@H](Sc4ccccc4)[C@H](OCc4ccccc4)[C@@H](OC3=O)[C@@H]2OCc2ccccc2)C(OCc2ccccc2)(OCc2ccccc2)C(=O)C(OCc2ccccc2)=C1. The maximum atomic E-state index is 18.2. The largest absolute Gasteiger partial charge is 0.485 e. The van der Waals surface area contributed by atoms with Gasteiger partial charge in [0.05, 0.1) is 37.6 Å². The number of cyclic esters (lactones) is 1. The Kier molecular flexibility index (Phi) is 29.1. The highest BCUT2D eigenvalue weighted by molar-refractivity contribution is 7.99. The van der Waals surface area contributed by atoms with Gasteiger partial charge in [0.15, 0.2) is 40.6 Å². The number of hydrogen-bond donors (Lipinski definition) is 0. The molecule has 1 saturated heterocycles. The molecule has 0 amide bonds. The van der Waals surface area contributed by atoms with E-state index in [0.717, 1.165) is 21.6 Å². The first-order valence-electron chi connectivity index (χ1n) is 42.8. The topological polar surface area (TPSA) is 207 Å². The second kappa shape index (κ2) is 43.3. The number of esters is 3. The number of benzene rings is 14. The Balaban J connectivity index is 1.01. The molecule has 0 saturated carbocycles. The number of hydrogen-bond acceptors (Lipinski definition) is 20. The Morgan fingerprint density at radius 3 is 1.09 bits per heavy atom. The summed E-state index contributed by atoms with van der Waals surface area (Å²) in [7, 11) is 0. The van der Waals surface area contributed by atoms with Crippen LogP contribution in [0.25, 0.3) is 11.1 Å². The summed E-state index contributed by atoms with van der Waals surface area (Å²) in [6.07, 6.45) is -4.08. The van der Waals surface area contributed by atoms with Crippen LogP contribution in [-0.4, -0.2) is 65.9 Å². The van der Waals surface area contributed by atoms with E-state index in [-0.39, 0.29) is 105 Å². The Labute approximate surface area is 758 Å². The number of Topliss-reactive ketones (excluding diaryl/α,β-unsaturated/α-hetero) is 1. The van der Waals surface area contributed by atoms with Crippen LogP contribution in [0, 0.1) is 0 Å². The van der Waals surface area contributed by atoms with Crippen molar-refractivity contribution in [1.29, 1.82) is 0 Å². The molecular weight excluding hydrogens is 1660 g/mol. The molecule has 1 aliphatic carbocycles. The summed E-state index contributed by atoms with van der Waals surface area (Å²) in [6, 6.07) is 115. The molecule has 652 valence electrons. The fraction of sp³-hybridized carbons (Fsp3) is 0.164. The van der Waals surface area contributed by atoms with Gasteiger partial charge in [0, 0.05) is 22.1 Å². The highest BCUT2D eigenvalue weighted by Gasteiger charge is 2.57. The molecule has 0 N–H and O–H groups in total. The first-order chi connectivity index (χ1) is 64.1. The minimum absolute atomic E-state index is 0.0260. The van der Waals surface area contributed by atoms with E-state index in [1.165, 1.54) is 30.0 Å². The molecule has 0 aromatic heterocycles. The number of carbonyl (C=O) groups excluding carboxylic acids is 4. The van der Waals surface area contributed by atoms with Gasteiger partial charge in [-0.3, -0.25) is 4.79 Å². The van der Waals surface area contributed by atoms with Crippen molar-refractivity contribution in [2.24, 2.45) is 0 Å². The third-order valence-corrected chi connectivity index (χ3v) is 23.0. The second-order valence-corrected chi connectivity index (χ2v) is 32.1. The van der Waals surface area contributed by atoms with Crippen LogP contribution in [0.3, 0.4) is 0 Å². The van der Waals surface area contributed by atoms with Crippen LogP contribution in [0.1, 0.15) is 81.9 Å². The van der Waals surface area contributed by atoms with Gasteiger partial charge in [-0.2, -0.15) is 0 Å². The van der Waals surface area contributed by atoms with E-state index >= 15 is 19.2 Å². The molecule has 2 aliphatic heterocycles. The second-order valence-electron chi connectivity index (χ2n) is 30.9. The molecule has 130 heavy (non-hydrogen) atoms. The van der Waals surface area contributed by atoms with E-state index in [2.05, 4.69) is 0 Å². The van der Waals surface area contributed by atoms with Gasteiger partial charge in [0.25, 0.3) is 11.6 Å². The van der Waals surface area contributed by atoms with Crippen molar-refractivity contribution < 1.29 is 90.2 Å². The smallest absolute Gasteiger partial charge is 0.342 e. The standard InChI is InChI=1S/C110H92O19S/c111-104-93(117-66-78-41-17-3-18-42-78)63-90(107(113)123-72-84-53-29-9-30-54-84)105(110(104,125-73-85-55-31-10-32-56-85)126-74-86-57-33-11-34-58-86)128-101-96-89(62-92(116-65-77-39-15-2-16-40-77)98(101)119-68-80-45-21-5-22-46-80)108(114)129-102-99(120-69-81-47-23-6-24-48-81)94(127-109(130-87-59-35-12-36-60-87)103(102)122-71-83-51-27-8-28-52-83)75-124-106(112)88-61-91(115-64-76-37-13-1-14-38-76)97(118-67-79-43-19-4-20-44-79)100(95(88)96)121-70-82-49-25-7-26-50-82/h1-63,94,99,102-103,109H,64-75H2/t94-,99-,102+,103-,109+/m1/s1. The van der Waals surface area contributed by atoms with E-state index in [0.29, 0.717) is 44.5 Å².